The van der Waals surface area contributed by atoms with E-state index in [0.717, 1.165) is 22.2 Å². The van der Waals surface area contributed by atoms with Crippen molar-refractivity contribution in [3.8, 4) is 17.2 Å². The van der Waals surface area contributed by atoms with Crippen molar-refractivity contribution < 1.29 is 36.3 Å². The molecule has 2 N–H and O–H groups in total. The van der Waals surface area contributed by atoms with Crippen molar-refractivity contribution in [3.63, 3.8) is 0 Å². The fraction of sp³-hybridized carbons (Fsp3) is 0.393. The SMILES string of the molecule is O=C(NC1CC1)c1cccnc1-n1nc(Cn2nc(-c3ccc(Cl)cc3)n(C[C@H](O)C(F)(F)F)c2=O)nc1C(=O)N1CCS(=O)(=O)CC1. The first kappa shape index (κ1) is 33.3. The molecule has 15 nitrogen and oxygen atoms in total. The second kappa shape index (κ2) is 12.8. The number of nitrogens with zero attached hydrogens (tertiary/aromatic N) is 8. The van der Waals surface area contributed by atoms with Gasteiger partial charge >= 0.3 is 11.9 Å². The van der Waals surface area contributed by atoms with E-state index >= 15 is 0 Å². The number of rotatable bonds is 9. The Morgan fingerprint density at radius 1 is 1.08 bits per heavy atom. The van der Waals surface area contributed by atoms with Gasteiger partial charge in [-0.15, -0.1) is 10.2 Å². The molecule has 2 fully saturated rings. The molecule has 0 spiro atoms. The first-order chi connectivity index (χ1) is 22.7. The van der Waals surface area contributed by atoms with Crippen LogP contribution in [0.25, 0.3) is 17.2 Å². The van der Waals surface area contributed by atoms with Gasteiger partial charge in [0.2, 0.25) is 5.82 Å². The van der Waals surface area contributed by atoms with Gasteiger partial charge < -0.3 is 15.3 Å². The van der Waals surface area contributed by atoms with Crippen molar-refractivity contribution in [1.29, 1.82) is 0 Å². The van der Waals surface area contributed by atoms with E-state index in [1.165, 1.54) is 47.5 Å². The molecule has 1 aliphatic heterocycles. The van der Waals surface area contributed by atoms with E-state index in [4.69, 9.17) is 11.6 Å². The molecule has 1 aromatic carbocycles. The van der Waals surface area contributed by atoms with Crippen LogP contribution in [0.4, 0.5) is 13.2 Å². The zero-order chi connectivity index (χ0) is 34.4. The van der Waals surface area contributed by atoms with Crippen LogP contribution in [0.1, 0.15) is 39.6 Å². The van der Waals surface area contributed by atoms with Crippen LogP contribution in [-0.2, 0) is 22.9 Å². The lowest BCUT2D eigenvalue weighted by atomic mass is 10.2. The molecular formula is C28H27ClF3N9O6S. The molecule has 0 bridgehead atoms. The van der Waals surface area contributed by atoms with E-state index in [2.05, 4.69) is 25.5 Å². The molecule has 4 aromatic rings. The van der Waals surface area contributed by atoms with Gasteiger partial charge in [0.1, 0.15) is 6.54 Å². The van der Waals surface area contributed by atoms with Gasteiger partial charge in [0.15, 0.2) is 33.4 Å². The zero-order valence-electron chi connectivity index (χ0n) is 24.8. The number of carbonyl (C=O) groups is 2. The second-order valence-electron chi connectivity index (χ2n) is 11.3. The average Bonchev–Trinajstić information content (AvgIpc) is 3.68. The Labute approximate surface area is 274 Å². The standard InChI is InChI=1S/C28H27ClF3N9O6S/c29-17-5-3-16(4-6-17)22-37-40(27(45)39(22)14-20(42)28(30,31)32)15-21-35-24(26(44)38-10-12-48(46,47)13-11-38)41(36-21)23-19(2-1-9-33-23)25(43)34-18-7-8-18/h1-6,9,18,20,42H,7-8,10-15H2,(H,34,43)/t20-/m0/s1. The number of aliphatic hydroxyl groups excluding tert-OH is 1. The fourth-order valence-electron chi connectivity index (χ4n) is 4.93. The summed E-state index contributed by atoms with van der Waals surface area (Å²) in [5.41, 5.74) is -0.765. The molecule has 0 radical (unpaired) electrons. The molecule has 1 aliphatic carbocycles. The van der Waals surface area contributed by atoms with Gasteiger partial charge in [0, 0.05) is 35.9 Å². The number of hydrogen-bond acceptors (Lipinski definition) is 10. The van der Waals surface area contributed by atoms with Gasteiger partial charge in [-0.25, -0.2) is 27.9 Å². The number of hydrogen-bond donors (Lipinski definition) is 2. The summed E-state index contributed by atoms with van der Waals surface area (Å²) in [7, 11) is -3.35. The maximum atomic E-state index is 13.7. The lowest BCUT2D eigenvalue weighted by molar-refractivity contribution is -0.207. The van der Waals surface area contributed by atoms with Crippen molar-refractivity contribution in [2.24, 2.45) is 0 Å². The van der Waals surface area contributed by atoms with Gasteiger partial charge in [0.25, 0.3) is 11.8 Å². The Morgan fingerprint density at radius 3 is 2.42 bits per heavy atom. The van der Waals surface area contributed by atoms with E-state index < -0.39 is 52.7 Å². The van der Waals surface area contributed by atoms with Crippen LogP contribution < -0.4 is 11.0 Å². The predicted octanol–water partition coefficient (Wildman–Crippen LogP) is 1.08. The van der Waals surface area contributed by atoms with Gasteiger partial charge in [-0.05, 0) is 49.2 Å². The Hall–Kier alpha value is -4.62. The summed E-state index contributed by atoms with van der Waals surface area (Å²) >= 11 is 5.96. The minimum atomic E-state index is -5.03. The van der Waals surface area contributed by atoms with Gasteiger partial charge in [-0.3, -0.25) is 14.2 Å². The molecule has 1 saturated heterocycles. The lowest BCUT2D eigenvalue weighted by Gasteiger charge is -2.26. The van der Waals surface area contributed by atoms with Crippen LogP contribution in [-0.4, -0.2) is 107 Å². The molecule has 2 amide bonds. The van der Waals surface area contributed by atoms with Crippen LogP contribution >= 0.6 is 11.6 Å². The highest BCUT2D eigenvalue weighted by molar-refractivity contribution is 7.91. The summed E-state index contributed by atoms with van der Waals surface area (Å²) < 4.78 is 66.4. The highest BCUT2D eigenvalue weighted by atomic mass is 35.5. The van der Waals surface area contributed by atoms with Gasteiger partial charge in [-0.1, -0.05) is 11.6 Å². The van der Waals surface area contributed by atoms with Crippen LogP contribution in [0.3, 0.4) is 0 Å². The minimum Gasteiger partial charge on any atom is -0.382 e. The third kappa shape index (κ3) is 7.12. The Morgan fingerprint density at radius 2 is 1.77 bits per heavy atom. The van der Waals surface area contributed by atoms with E-state index in [1.54, 1.807) is 0 Å². The summed E-state index contributed by atoms with van der Waals surface area (Å²) in [6.45, 7) is -1.98. The number of aliphatic hydroxyl groups is 1. The van der Waals surface area contributed by atoms with Crippen molar-refractivity contribution in [2.75, 3.05) is 24.6 Å². The quantitative estimate of drug-likeness (QED) is 0.255. The largest absolute Gasteiger partial charge is 0.416 e. The number of pyridine rings is 1. The van der Waals surface area contributed by atoms with Crippen molar-refractivity contribution in [2.45, 2.75) is 44.3 Å². The Kier molecular flexibility index (Phi) is 8.86. The van der Waals surface area contributed by atoms with Crippen molar-refractivity contribution in [1.82, 2.24) is 44.3 Å². The Balaban J connectivity index is 1.42. The van der Waals surface area contributed by atoms with Crippen LogP contribution in [0.5, 0.6) is 0 Å². The van der Waals surface area contributed by atoms with Gasteiger partial charge in [0.05, 0.1) is 23.6 Å². The summed E-state index contributed by atoms with van der Waals surface area (Å²) in [6.07, 6.45) is -4.96. The first-order valence-electron chi connectivity index (χ1n) is 14.6. The fourth-order valence-corrected chi connectivity index (χ4v) is 6.26. The lowest BCUT2D eigenvalue weighted by Crippen LogP contribution is -2.44. The number of carbonyl (C=O) groups excluding carboxylic acids is 2. The van der Waals surface area contributed by atoms with E-state index in [1.807, 2.05) is 0 Å². The number of sulfone groups is 1. The summed E-state index contributed by atoms with van der Waals surface area (Å²) in [4.78, 5) is 50.1. The first-order valence-corrected chi connectivity index (χ1v) is 16.8. The van der Waals surface area contributed by atoms with Crippen LogP contribution in [0.15, 0.2) is 47.4 Å². The number of aromatic nitrogens is 7. The van der Waals surface area contributed by atoms with Gasteiger partial charge in [-0.2, -0.15) is 17.9 Å². The smallest absolute Gasteiger partial charge is 0.382 e. The summed E-state index contributed by atoms with van der Waals surface area (Å²) in [5, 5.41) is 21.5. The Bertz CT molecular complexity index is 2030. The highest BCUT2D eigenvalue weighted by Gasteiger charge is 2.39. The molecule has 3 aromatic heterocycles. The molecule has 4 heterocycles. The average molecular weight is 710 g/mol. The molecule has 20 heteroatoms. The number of amides is 2. The third-order valence-corrected chi connectivity index (χ3v) is 9.53. The van der Waals surface area contributed by atoms with Crippen LogP contribution in [0.2, 0.25) is 5.02 Å². The van der Waals surface area contributed by atoms with Crippen molar-refractivity contribution in [3.05, 3.63) is 75.3 Å². The van der Waals surface area contributed by atoms with Crippen molar-refractivity contribution >= 4 is 33.3 Å². The number of halogens is 4. The molecule has 0 unspecified atom stereocenters. The number of benzene rings is 1. The molecular weight excluding hydrogens is 683 g/mol. The van der Waals surface area contributed by atoms with Crippen LogP contribution in [0, 0.1) is 0 Å². The minimum absolute atomic E-state index is 0.0130. The highest BCUT2D eigenvalue weighted by Crippen LogP contribution is 2.25. The third-order valence-electron chi connectivity index (χ3n) is 7.67. The number of nitrogens with one attached hydrogen (secondary N) is 1. The zero-order valence-corrected chi connectivity index (χ0v) is 26.4. The molecule has 6 rings (SSSR count). The molecule has 254 valence electrons. The second-order valence-corrected chi connectivity index (χ2v) is 14.0. The normalized spacial score (nSPS) is 16.9. The maximum Gasteiger partial charge on any atom is 0.416 e. The summed E-state index contributed by atoms with van der Waals surface area (Å²) in [6, 6.07) is 8.73. The topological polar surface area (TPSA) is 187 Å². The summed E-state index contributed by atoms with van der Waals surface area (Å²) in [5.74, 6) is -2.59. The van der Waals surface area contributed by atoms with E-state index in [-0.39, 0.29) is 65.1 Å². The van der Waals surface area contributed by atoms with E-state index in [0.29, 0.717) is 9.59 Å². The molecule has 1 saturated carbocycles. The van der Waals surface area contributed by atoms with E-state index in [9.17, 15) is 41.1 Å². The molecule has 48 heavy (non-hydrogen) atoms. The number of alkyl halides is 3. The molecule has 1 atom stereocenters. The maximum absolute atomic E-state index is 13.7. The molecule has 2 aliphatic rings. The monoisotopic (exact) mass is 709 g/mol. The predicted molar refractivity (Wildman–Crippen MR) is 162 cm³/mol.